The molecule has 5 nitrogen and oxygen atoms in total. The van der Waals surface area contributed by atoms with Crippen molar-refractivity contribution in [3.63, 3.8) is 0 Å². The Morgan fingerprint density at radius 3 is 2.86 bits per heavy atom. The lowest BCUT2D eigenvalue weighted by molar-refractivity contribution is -0.384. The fraction of sp³-hybridized carbons (Fsp3) is 0.562. The van der Waals surface area contributed by atoms with Crippen LogP contribution >= 0.6 is 0 Å². The molecule has 2 atom stereocenters. The van der Waals surface area contributed by atoms with Crippen LogP contribution in [0.3, 0.4) is 0 Å². The molecule has 21 heavy (non-hydrogen) atoms. The van der Waals surface area contributed by atoms with Gasteiger partial charge >= 0.3 is 0 Å². The average Bonchev–Trinajstić information content (AvgIpc) is 3.07. The maximum Gasteiger partial charge on any atom is 0.269 e. The number of nitro groups is 1. The number of carbonyl (C=O) groups is 1. The highest BCUT2D eigenvalue weighted by Gasteiger charge is 2.37. The van der Waals surface area contributed by atoms with Crippen LogP contribution in [-0.4, -0.2) is 28.2 Å². The Morgan fingerprint density at radius 1 is 1.29 bits per heavy atom. The van der Waals surface area contributed by atoms with Gasteiger partial charge in [-0.15, -0.1) is 0 Å². The Hall–Kier alpha value is -1.75. The number of carbonyl (C=O) groups excluding carboxylic acids is 1. The van der Waals surface area contributed by atoms with Gasteiger partial charge in [0, 0.05) is 37.1 Å². The summed E-state index contributed by atoms with van der Waals surface area (Å²) < 4.78 is 0. The highest BCUT2D eigenvalue weighted by Crippen LogP contribution is 2.34. The van der Waals surface area contributed by atoms with E-state index in [1.54, 1.807) is 12.1 Å². The van der Waals surface area contributed by atoms with Crippen molar-refractivity contribution in [3.05, 3.63) is 39.9 Å². The van der Waals surface area contributed by atoms with Gasteiger partial charge in [-0.3, -0.25) is 19.8 Å². The first kappa shape index (κ1) is 14.2. The molecule has 0 aromatic heterocycles. The van der Waals surface area contributed by atoms with E-state index in [1.807, 2.05) is 6.07 Å². The second-order valence-corrected chi connectivity index (χ2v) is 6.07. The smallest absolute Gasteiger partial charge is 0.269 e. The molecule has 1 saturated carbocycles. The lowest BCUT2D eigenvalue weighted by Gasteiger charge is -2.28. The Kier molecular flexibility index (Phi) is 4.01. The molecule has 1 aromatic carbocycles. The molecule has 1 aliphatic heterocycles. The minimum atomic E-state index is -0.356. The van der Waals surface area contributed by atoms with Gasteiger partial charge in [-0.05, 0) is 37.8 Å². The van der Waals surface area contributed by atoms with Gasteiger partial charge in [0.05, 0.1) is 4.92 Å². The predicted octanol–water partition coefficient (Wildman–Crippen LogP) is 2.93. The Bertz CT molecular complexity index is 558. The zero-order valence-electron chi connectivity index (χ0n) is 12.0. The number of Topliss-reactive ketones (excluding diaryl/α,β-unsaturated/α-hetero) is 1. The van der Waals surface area contributed by atoms with E-state index in [2.05, 4.69) is 4.90 Å². The standard InChI is InChI=1S/C16H20N2O3/c19-16-8-2-6-14(16)15-7-3-9-17(15)11-12-4-1-5-13(10-12)18(20)21/h1,4-5,10,14-15H,2-3,6-9,11H2. The van der Waals surface area contributed by atoms with Gasteiger partial charge in [-0.25, -0.2) is 0 Å². The number of hydrogen-bond donors (Lipinski definition) is 0. The van der Waals surface area contributed by atoms with Crippen LogP contribution in [0.2, 0.25) is 0 Å². The Balaban J connectivity index is 1.73. The van der Waals surface area contributed by atoms with Crippen molar-refractivity contribution in [1.29, 1.82) is 0 Å². The molecule has 3 rings (SSSR count). The van der Waals surface area contributed by atoms with Gasteiger partial charge in [0.2, 0.25) is 0 Å². The van der Waals surface area contributed by atoms with E-state index in [4.69, 9.17) is 0 Å². The predicted molar refractivity (Wildman–Crippen MR) is 78.9 cm³/mol. The van der Waals surface area contributed by atoms with Gasteiger partial charge in [0.1, 0.15) is 5.78 Å². The number of hydrogen-bond acceptors (Lipinski definition) is 4. The van der Waals surface area contributed by atoms with Gasteiger partial charge in [-0.2, -0.15) is 0 Å². The summed E-state index contributed by atoms with van der Waals surface area (Å²) in [7, 11) is 0. The number of likely N-dealkylation sites (tertiary alicyclic amines) is 1. The quantitative estimate of drug-likeness (QED) is 0.631. The van der Waals surface area contributed by atoms with Crippen molar-refractivity contribution in [2.75, 3.05) is 6.54 Å². The summed E-state index contributed by atoms with van der Waals surface area (Å²) in [5.74, 6) is 0.595. The molecular formula is C16H20N2O3. The average molecular weight is 288 g/mol. The molecule has 0 radical (unpaired) electrons. The topological polar surface area (TPSA) is 63.5 Å². The fourth-order valence-electron chi connectivity index (χ4n) is 3.76. The second kappa shape index (κ2) is 5.93. The summed E-state index contributed by atoms with van der Waals surface area (Å²) in [6.07, 6.45) is 4.94. The molecule has 1 aliphatic carbocycles. The SMILES string of the molecule is O=C1CCCC1C1CCCN1Cc1cccc([N+](=O)[O-])c1. The number of non-ortho nitro benzene ring substituents is 1. The third kappa shape index (κ3) is 2.97. The van der Waals surface area contributed by atoms with Gasteiger partial charge in [-0.1, -0.05) is 12.1 Å². The van der Waals surface area contributed by atoms with E-state index in [0.717, 1.165) is 44.2 Å². The number of ketones is 1. The lowest BCUT2D eigenvalue weighted by atomic mass is 9.95. The molecule has 0 amide bonds. The third-order valence-corrected chi connectivity index (χ3v) is 4.74. The van der Waals surface area contributed by atoms with Gasteiger partial charge in [0.15, 0.2) is 0 Å². The zero-order chi connectivity index (χ0) is 14.8. The maximum absolute atomic E-state index is 12.0. The van der Waals surface area contributed by atoms with Crippen LogP contribution in [0.5, 0.6) is 0 Å². The fourth-order valence-corrected chi connectivity index (χ4v) is 3.76. The molecule has 2 aliphatic rings. The van der Waals surface area contributed by atoms with Gasteiger partial charge < -0.3 is 0 Å². The van der Waals surface area contributed by atoms with Crippen LogP contribution in [0.15, 0.2) is 24.3 Å². The largest absolute Gasteiger partial charge is 0.299 e. The van der Waals surface area contributed by atoms with Crippen molar-refractivity contribution in [1.82, 2.24) is 4.90 Å². The molecule has 1 heterocycles. The van der Waals surface area contributed by atoms with E-state index in [1.165, 1.54) is 6.07 Å². The highest BCUT2D eigenvalue weighted by atomic mass is 16.6. The highest BCUT2D eigenvalue weighted by molar-refractivity contribution is 5.83. The van der Waals surface area contributed by atoms with E-state index in [0.29, 0.717) is 18.4 Å². The lowest BCUT2D eigenvalue weighted by Crippen LogP contribution is -2.36. The van der Waals surface area contributed by atoms with Crippen LogP contribution in [0.4, 0.5) is 5.69 Å². The summed E-state index contributed by atoms with van der Waals surface area (Å²) in [5, 5.41) is 10.9. The zero-order valence-corrected chi connectivity index (χ0v) is 12.0. The first-order chi connectivity index (χ1) is 10.1. The summed E-state index contributed by atoms with van der Waals surface area (Å²) in [4.78, 5) is 24.8. The number of benzene rings is 1. The van der Waals surface area contributed by atoms with Crippen LogP contribution in [0, 0.1) is 16.0 Å². The summed E-state index contributed by atoms with van der Waals surface area (Å²) >= 11 is 0. The maximum atomic E-state index is 12.0. The molecular weight excluding hydrogens is 268 g/mol. The molecule has 1 aromatic rings. The van der Waals surface area contributed by atoms with E-state index >= 15 is 0 Å². The summed E-state index contributed by atoms with van der Waals surface area (Å²) in [6.45, 7) is 1.69. The molecule has 1 saturated heterocycles. The van der Waals surface area contributed by atoms with Crippen molar-refractivity contribution in [2.24, 2.45) is 5.92 Å². The van der Waals surface area contributed by atoms with Gasteiger partial charge in [0.25, 0.3) is 5.69 Å². The molecule has 2 unspecified atom stereocenters. The van der Waals surface area contributed by atoms with Crippen LogP contribution in [-0.2, 0) is 11.3 Å². The Labute approximate surface area is 124 Å². The van der Waals surface area contributed by atoms with Crippen LogP contribution in [0.1, 0.15) is 37.7 Å². The van der Waals surface area contributed by atoms with E-state index in [9.17, 15) is 14.9 Å². The first-order valence-corrected chi connectivity index (χ1v) is 7.65. The van der Waals surface area contributed by atoms with E-state index < -0.39 is 0 Å². The van der Waals surface area contributed by atoms with E-state index in [-0.39, 0.29) is 16.5 Å². The van der Waals surface area contributed by atoms with Crippen molar-refractivity contribution in [2.45, 2.75) is 44.7 Å². The summed E-state index contributed by atoms with van der Waals surface area (Å²) in [6, 6.07) is 7.16. The van der Waals surface area contributed by atoms with Crippen LogP contribution < -0.4 is 0 Å². The first-order valence-electron chi connectivity index (χ1n) is 7.65. The minimum absolute atomic E-state index is 0.139. The number of rotatable bonds is 4. The van der Waals surface area contributed by atoms with Crippen molar-refractivity contribution in [3.8, 4) is 0 Å². The monoisotopic (exact) mass is 288 g/mol. The Morgan fingerprint density at radius 2 is 2.14 bits per heavy atom. The third-order valence-electron chi connectivity index (χ3n) is 4.74. The van der Waals surface area contributed by atoms with Crippen molar-refractivity contribution < 1.29 is 9.72 Å². The second-order valence-electron chi connectivity index (χ2n) is 6.07. The molecule has 5 heteroatoms. The molecule has 0 spiro atoms. The summed E-state index contributed by atoms with van der Waals surface area (Å²) in [5.41, 5.74) is 1.10. The number of nitro benzene ring substituents is 1. The van der Waals surface area contributed by atoms with Crippen molar-refractivity contribution >= 4 is 11.5 Å². The number of nitrogens with zero attached hydrogens (tertiary/aromatic N) is 2. The van der Waals surface area contributed by atoms with Crippen LogP contribution in [0.25, 0.3) is 0 Å². The normalized spacial score (nSPS) is 26.4. The molecule has 2 fully saturated rings. The molecule has 112 valence electrons. The molecule has 0 bridgehead atoms. The minimum Gasteiger partial charge on any atom is -0.299 e. The molecule has 0 N–H and O–H groups in total.